The fraction of sp³-hybridized carbons (Fsp3) is 0.619. The van der Waals surface area contributed by atoms with Crippen molar-refractivity contribution in [1.82, 2.24) is 4.72 Å². The Morgan fingerprint density at radius 2 is 2.07 bits per heavy atom. The molecule has 3 rings (SSSR count). The molecule has 2 unspecified atom stereocenters. The number of Topliss-reactive ketones (excluding diaryl/α,β-unsaturated/α-hetero) is 1. The minimum Gasteiger partial charge on any atom is -0.493 e. The van der Waals surface area contributed by atoms with Crippen LogP contribution >= 0.6 is 0 Å². The molecule has 0 heterocycles. The predicted octanol–water partition coefficient (Wildman–Crippen LogP) is 2.73. The zero-order valence-corrected chi connectivity index (χ0v) is 18.1. The highest BCUT2D eigenvalue weighted by molar-refractivity contribution is 7.89. The van der Waals surface area contributed by atoms with E-state index in [1.807, 2.05) is 13.8 Å². The van der Waals surface area contributed by atoms with Crippen LogP contribution in [0.1, 0.15) is 46.5 Å². The van der Waals surface area contributed by atoms with Crippen molar-refractivity contribution in [2.24, 2.45) is 16.7 Å². The first-order chi connectivity index (χ1) is 13.6. The van der Waals surface area contributed by atoms with Crippen LogP contribution in [-0.4, -0.2) is 39.0 Å². The fourth-order valence-electron chi connectivity index (χ4n) is 4.84. The van der Waals surface area contributed by atoms with Crippen LogP contribution in [-0.2, 0) is 19.6 Å². The van der Waals surface area contributed by atoms with Gasteiger partial charge in [0.1, 0.15) is 11.5 Å². The Labute approximate surface area is 172 Å². The molecule has 2 aliphatic carbocycles. The molecule has 1 aromatic carbocycles. The van der Waals surface area contributed by atoms with Gasteiger partial charge in [0.15, 0.2) is 0 Å². The van der Waals surface area contributed by atoms with Gasteiger partial charge in [-0.3, -0.25) is 9.59 Å². The maximum Gasteiger partial charge on any atom is 0.221 e. The summed E-state index contributed by atoms with van der Waals surface area (Å²) < 4.78 is 33.5. The van der Waals surface area contributed by atoms with Crippen molar-refractivity contribution in [3.8, 4) is 5.75 Å². The van der Waals surface area contributed by atoms with Gasteiger partial charge in [0, 0.05) is 37.1 Å². The number of hydrogen-bond acceptors (Lipinski definition) is 5. The van der Waals surface area contributed by atoms with Gasteiger partial charge in [-0.2, -0.15) is 0 Å². The molecule has 2 bridgehead atoms. The number of carbonyl (C=O) groups is 2. The molecule has 0 saturated heterocycles. The van der Waals surface area contributed by atoms with E-state index in [2.05, 4.69) is 10.0 Å². The average Bonchev–Trinajstić information content (AvgIpc) is 2.95. The first-order valence-electron chi connectivity index (χ1n) is 10.1. The Balaban J connectivity index is 1.47. The van der Waals surface area contributed by atoms with Gasteiger partial charge in [-0.25, -0.2) is 13.1 Å². The Morgan fingerprint density at radius 3 is 2.69 bits per heavy atom. The van der Waals surface area contributed by atoms with Crippen LogP contribution in [0.2, 0.25) is 0 Å². The van der Waals surface area contributed by atoms with Crippen molar-refractivity contribution in [3.05, 3.63) is 24.3 Å². The fourth-order valence-corrected chi connectivity index (χ4v) is 6.72. The van der Waals surface area contributed by atoms with E-state index in [4.69, 9.17) is 4.74 Å². The molecule has 0 spiro atoms. The van der Waals surface area contributed by atoms with Crippen LogP contribution in [0.5, 0.6) is 5.75 Å². The summed E-state index contributed by atoms with van der Waals surface area (Å²) in [6.07, 6.45) is 2.60. The van der Waals surface area contributed by atoms with Crippen LogP contribution in [0.3, 0.4) is 0 Å². The van der Waals surface area contributed by atoms with E-state index in [9.17, 15) is 18.0 Å². The second-order valence-electron chi connectivity index (χ2n) is 8.73. The van der Waals surface area contributed by atoms with Gasteiger partial charge in [-0.05, 0) is 42.7 Å². The van der Waals surface area contributed by atoms with Crippen molar-refractivity contribution < 1.29 is 22.7 Å². The summed E-state index contributed by atoms with van der Waals surface area (Å²) in [5.41, 5.74) is -0.362. The smallest absolute Gasteiger partial charge is 0.221 e. The van der Waals surface area contributed by atoms with E-state index in [0.717, 1.165) is 6.42 Å². The third-order valence-corrected chi connectivity index (χ3v) is 8.16. The standard InChI is InChI=1S/C21H30N2O5S/c1-15(24)23-17-6-4-7-18(13-17)28-11-5-10-22-29(26,27)14-21-9-8-16(12-19(21)25)20(21,2)3/h4,6-7,13,16,22H,5,8-12,14H2,1-3H3,(H,23,24). The molecule has 7 nitrogen and oxygen atoms in total. The van der Waals surface area contributed by atoms with Gasteiger partial charge < -0.3 is 10.1 Å². The summed E-state index contributed by atoms with van der Waals surface area (Å²) in [5, 5.41) is 2.69. The largest absolute Gasteiger partial charge is 0.493 e. The number of amides is 1. The number of rotatable bonds is 9. The van der Waals surface area contributed by atoms with Crippen molar-refractivity contribution in [3.63, 3.8) is 0 Å². The number of benzene rings is 1. The topological polar surface area (TPSA) is 102 Å². The van der Waals surface area contributed by atoms with E-state index in [0.29, 0.717) is 43.2 Å². The first kappa shape index (κ1) is 21.8. The molecule has 2 N–H and O–H groups in total. The lowest BCUT2D eigenvalue weighted by Gasteiger charge is -2.36. The summed E-state index contributed by atoms with van der Waals surface area (Å²) in [6, 6.07) is 7.03. The normalized spacial score (nSPS) is 25.2. The second kappa shape index (κ2) is 8.07. The number of ketones is 1. The second-order valence-corrected chi connectivity index (χ2v) is 10.5. The van der Waals surface area contributed by atoms with Crippen LogP contribution < -0.4 is 14.8 Å². The van der Waals surface area contributed by atoms with Crippen LogP contribution in [0.25, 0.3) is 0 Å². The Hall–Kier alpha value is -1.93. The number of hydrogen-bond donors (Lipinski definition) is 2. The maximum absolute atomic E-state index is 12.6. The van der Waals surface area contributed by atoms with Gasteiger partial charge in [-0.15, -0.1) is 0 Å². The monoisotopic (exact) mass is 422 g/mol. The molecule has 2 fully saturated rings. The summed E-state index contributed by atoms with van der Waals surface area (Å²) in [4.78, 5) is 23.7. The molecule has 0 aromatic heterocycles. The van der Waals surface area contributed by atoms with Gasteiger partial charge in [0.2, 0.25) is 15.9 Å². The number of nitrogens with one attached hydrogen (secondary N) is 2. The molecule has 1 amide bonds. The Morgan fingerprint density at radius 1 is 1.31 bits per heavy atom. The van der Waals surface area contributed by atoms with E-state index in [1.165, 1.54) is 6.92 Å². The quantitative estimate of drug-likeness (QED) is 0.596. The summed E-state index contributed by atoms with van der Waals surface area (Å²) in [5.74, 6) is 0.724. The summed E-state index contributed by atoms with van der Waals surface area (Å²) in [6.45, 7) is 6.10. The molecule has 0 aliphatic heterocycles. The van der Waals surface area contributed by atoms with E-state index in [1.54, 1.807) is 24.3 Å². The molecule has 29 heavy (non-hydrogen) atoms. The molecule has 2 saturated carbocycles. The molecule has 2 aliphatic rings. The lowest BCUT2D eigenvalue weighted by atomic mass is 9.70. The highest BCUT2D eigenvalue weighted by Crippen LogP contribution is 2.64. The lowest BCUT2D eigenvalue weighted by Crippen LogP contribution is -2.45. The third-order valence-electron chi connectivity index (χ3n) is 6.64. The van der Waals surface area contributed by atoms with Crippen LogP contribution in [0.4, 0.5) is 5.69 Å². The number of anilines is 1. The molecule has 8 heteroatoms. The molecule has 2 atom stereocenters. The minimum absolute atomic E-state index is 0.103. The first-order valence-corrected chi connectivity index (χ1v) is 11.7. The Bertz CT molecular complexity index is 896. The highest BCUT2D eigenvalue weighted by Gasteiger charge is 2.65. The number of sulfonamides is 1. The van der Waals surface area contributed by atoms with E-state index < -0.39 is 15.4 Å². The van der Waals surface area contributed by atoms with Crippen molar-refractivity contribution in [2.75, 3.05) is 24.2 Å². The molecule has 1 aromatic rings. The van der Waals surface area contributed by atoms with E-state index >= 15 is 0 Å². The molecular weight excluding hydrogens is 392 g/mol. The molecule has 160 valence electrons. The van der Waals surface area contributed by atoms with Crippen LogP contribution in [0, 0.1) is 16.7 Å². The predicted molar refractivity (Wildman–Crippen MR) is 111 cm³/mol. The van der Waals surface area contributed by atoms with Gasteiger partial charge in [0.05, 0.1) is 12.4 Å². The zero-order valence-electron chi connectivity index (χ0n) is 17.3. The average molecular weight is 423 g/mol. The van der Waals surface area contributed by atoms with Crippen LogP contribution in [0.15, 0.2) is 24.3 Å². The minimum atomic E-state index is -3.55. The van der Waals surface area contributed by atoms with Gasteiger partial charge in [0.25, 0.3) is 0 Å². The molecule has 0 radical (unpaired) electrons. The van der Waals surface area contributed by atoms with Crippen molar-refractivity contribution >= 4 is 27.4 Å². The molecular formula is C21H30N2O5S. The highest BCUT2D eigenvalue weighted by atomic mass is 32.2. The summed E-state index contributed by atoms with van der Waals surface area (Å²) >= 11 is 0. The maximum atomic E-state index is 12.6. The number of fused-ring (bicyclic) bond motifs is 2. The lowest BCUT2D eigenvalue weighted by molar-refractivity contribution is -0.128. The van der Waals surface area contributed by atoms with Gasteiger partial charge in [-0.1, -0.05) is 19.9 Å². The Kier molecular flexibility index (Phi) is 6.06. The third kappa shape index (κ3) is 4.48. The van der Waals surface area contributed by atoms with Gasteiger partial charge >= 0.3 is 0 Å². The van der Waals surface area contributed by atoms with Crippen molar-refractivity contribution in [1.29, 1.82) is 0 Å². The number of ether oxygens (including phenoxy) is 1. The van der Waals surface area contributed by atoms with Crippen molar-refractivity contribution in [2.45, 2.75) is 46.5 Å². The SMILES string of the molecule is CC(=O)Nc1cccc(OCCCNS(=O)(=O)CC23CCC(CC2=O)C3(C)C)c1. The number of carbonyl (C=O) groups excluding carboxylic acids is 2. The summed E-state index contributed by atoms with van der Waals surface area (Å²) in [7, 11) is -3.55. The zero-order chi connectivity index (χ0) is 21.3. The van der Waals surface area contributed by atoms with E-state index in [-0.39, 0.29) is 29.4 Å².